The molecule has 7 heavy (non-hydrogen) atoms. The first kappa shape index (κ1) is 4.65. The molecule has 0 amide bonds. The van der Waals surface area contributed by atoms with Crippen molar-refractivity contribution in [2.75, 3.05) is 0 Å². The Morgan fingerprint density at radius 3 is 2.71 bits per heavy atom. The lowest BCUT2D eigenvalue weighted by Gasteiger charge is -1.73. The van der Waals surface area contributed by atoms with Crippen molar-refractivity contribution in [3.05, 3.63) is 23.8 Å². The molecule has 1 aromatic heterocycles. The van der Waals surface area contributed by atoms with E-state index in [1.54, 1.807) is 6.20 Å². The van der Waals surface area contributed by atoms with Crippen molar-refractivity contribution < 1.29 is 0 Å². The average molecular weight is 116 g/mol. The average Bonchev–Trinajstić information content (AvgIpc) is 1.91. The van der Waals surface area contributed by atoms with Gasteiger partial charge in [0, 0.05) is 6.20 Å². The van der Waals surface area contributed by atoms with Crippen LogP contribution in [-0.4, -0.2) is 10.2 Å². The maximum Gasteiger partial charge on any atom is 0.0815 e. The lowest BCUT2D eigenvalue weighted by atomic mass is 10.5. The molecule has 1 aromatic rings. The molecule has 0 aliphatic carbocycles. The molecule has 3 heteroatoms. The fourth-order valence-electron chi connectivity index (χ4n) is 0.304. The summed E-state index contributed by atoms with van der Waals surface area (Å²) in [6.07, 6.45) is 1.59. The third-order valence-electron chi connectivity index (χ3n) is 0.666. The van der Waals surface area contributed by atoms with Crippen LogP contribution in [-0.2, 0) is 0 Å². The highest BCUT2D eigenvalue weighted by Gasteiger charge is 1.91. The first-order chi connectivity index (χ1) is 3.30. The molecule has 2 nitrogen and oxygen atoms in total. The summed E-state index contributed by atoms with van der Waals surface area (Å²) in [6.45, 7) is 3.51. The summed E-state index contributed by atoms with van der Waals surface area (Å²) in [5, 5.41) is 6.78. The van der Waals surface area contributed by atoms with Gasteiger partial charge < -0.3 is 0 Å². The maximum atomic E-state index is 5.47. The molecule has 0 aromatic carbocycles. The molecule has 0 spiro atoms. The molecule has 0 unspecified atom stereocenters. The van der Waals surface area contributed by atoms with Gasteiger partial charge >= 0.3 is 0 Å². The van der Waals surface area contributed by atoms with E-state index < -0.39 is 0 Å². The fourth-order valence-corrected chi connectivity index (χ4v) is 0.395. The van der Waals surface area contributed by atoms with Crippen LogP contribution >= 0.6 is 11.6 Å². The molecular weight excluding hydrogens is 112 g/mol. The Balaban J connectivity index is 3.12. The molecule has 0 saturated carbocycles. The standard InChI is InChI=1S/C4H4ClN2/c1-3-4(5)2-6-7-3/h2H,1H2,(H,6,7). The second kappa shape index (κ2) is 1.54. The quantitative estimate of drug-likeness (QED) is 0.542. The van der Waals surface area contributed by atoms with Crippen LogP contribution in [0.5, 0.6) is 0 Å². The van der Waals surface area contributed by atoms with E-state index >= 15 is 0 Å². The fraction of sp³-hybridized carbons (Fsp3) is 0. The SMILES string of the molecule is [CH2]c1n[nH]cc1Cl. The summed E-state index contributed by atoms with van der Waals surface area (Å²) in [5.41, 5.74) is 0.599. The highest BCUT2D eigenvalue weighted by molar-refractivity contribution is 6.31. The lowest BCUT2D eigenvalue weighted by Crippen LogP contribution is -1.67. The molecule has 0 atom stereocenters. The van der Waals surface area contributed by atoms with Gasteiger partial charge in [0.05, 0.1) is 10.7 Å². The Kier molecular flexibility index (Phi) is 1.02. The Morgan fingerprint density at radius 1 is 1.86 bits per heavy atom. The summed E-state index contributed by atoms with van der Waals surface area (Å²) in [5.74, 6) is 0. The van der Waals surface area contributed by atoms with E-state index in [9.17, 15) is 0 Å². The van der Waals surface area contributed by atoms with E-state index in [4.69, 9.17) is 11.6 Å². The summed E-state index contributed by atoms with van der Waals surface area (Å²) in [6, 6.07) is 0. The zero-order valence-corrected chi connectivity index (χ0v) is 4.37. The van der Waals surface area contributed by atoms with E-state index in [-0.39, 0.29) is 0 Å². The van der Waals surface area contributed by atoms with E-state index in [0.717, 1.165) is 0 Å². The van der Waals surface area contributed by atoms with Crippen LogP contribution < -0.4 is 0 Å². The maximum absolute atomic E-state index is 5.47. The van der Waals surface area contributed by atoms with Crippen LogP contribution in [0.25, 0.3) is 0 Å². The number of H-pyrrole nitrogens is 1. The Bertz CT molecular complexity index is 142. The highest BCUT2D eigenvalue weighted by atomic mass is 35.5. The van der Waals surface area contributed by atoms with Crippen LogP contribution in [0.2, 0.25) is 5.02 Å². The lowest BCUT2D eigenvalue weighted by molar-refractivity contribution is 1.07. The second-order valence-corrected chi connectivity index (χ2v) is 1.59. The zero-order valence-electron chi connectivity index (χ0n) is 3.61. The largest absolute Gasteiger partial charge is 0.284 e. The molecule has 0 fully saturated rings. The number of halogens is 1. The van der Waals surface area contributed by atoms with E-state index in [1.807, 2.05) is 0 Å². The molecule has 1 heterocycles. The Labute approximate surface area is 46.5 Å². The van der Waals surface area contributed by atoms with Crippen molar-refractivity contribution in [1.82, 2.24) is 10.2 Å². The first-order valence-corrected chi connectivity index (χ1v) is 2.20. The summed E-state index contributed by atoms with van der Waals surface area (Å²) >= 11 is 5.47. The minimum Gasteiger partial charge on any atom is -0.284 e. The number of nitrogens with one attached hydrogen (secondary N) is 1. The van der Waals surface area contributed by atoms with Gasteiger partial charge in [-0.05, 0) is 6.92 Å². The minimum atomic E-state index is 0.583. The Hall–Kier alpha value is -0.500. The molecular formula is C4H4ClN2. The van der Waals surface area contributed by atoms with Crippen LogP contribution in [0.4, 0.5) is 0 Å². The molecule has 0 bridgehead atoms. The molecule has 1 radical (unpaired) electrons. The second-order valence-electron chi connectivity index (χ2n) is 1.18. The topological polar surface area (TPSA) is 28.7 Å². The van der Waals surface area contributed by atoms with E-state index in [1.165, 1.54) is 0 Å². The van der Waals surface area contributed by atoms with Gasteiger partial charge in [-0.25, -0.2) is 0 Å². The van der Waals surface area contributed by atoms with Crippen LogP contribution in [0, 0.1) is 6.92 Å². The number of aromatic nitrogens is 2. The monoisotopic (exact) mass is 115 g/mol. The molecule has 0 aliphatic rings. The van der Waals surface area contributed by atoms with Gasteiger partial charge in [-0.2, -0.15) is 5.10 Å². The van der Waals surface area contributed by atoms with Gasteiger partial charge in [-0.15, -0.1) is 0 Å². The van der Waals surface area contributed by atoms with Gasteiger partial charge in [-0.1, -0.05) is 11.6 Å². The van der Waals surface area contributed by atoms with Crippen molar-refractivity contribution in [3.63, 3.8) is 0 Å². The molecule has 1 rings (SSSR count). The predicted octanol–water partition coefficient (Wildman–Crippen LogP) is 1.25. The van der Waals surface area contributed by atoms with Gasteiger partial charge in [0.1, 0.15) is 0 Å². The normalized spacial score (nSPS) is 9.43. The number of nitrogens with zero attached hydrogens (tertiary/aromatic N) is 1. The van der Waals surface area contributed by atoms with Crippen LogP contribution in [0.1, 0.15) is 5.69 Å². The van der Waals surface area contributed by atoms with Gasteiger partial charge in [0.25, 0.3) is 0 Å². The summed E-state index contributed by atoms with van der Waals surface area (Å²) < 4.78 is 0. The summed E-state index contributed by atoms with van der Waals surface area (Å²) in [7, 11) is 0. The van der Waals surface area contributed by atoms with Gasteiger partial charge in [0.15, 0.2) is 0 Å². The number of aromatic amines is 1. The van der Waals surface area contributed by atoms with Crippen LogP contribution in [0.3, 0.4) is 0 Å². The highest BCUT2D eigenvalue weighted by Crippen LogP contribution is 2.07. The minimum absolute atomic E-state index is 0.583. The van der Waals surface area contributed by atoms with Crippen molar-refractivity contribution in [1.29, 1.82) is 0 Å². The Morgan fingerprint density at radius 2 is 2.57 bits per heavy atom. The van der Waals surface area contributed by atoms with Gasteiger partial charge in [0.2, 0.25) is 0 Å². The van der Waals surface area contributed by atoms with E-state index in [0.29, 0.717) is 10.7 Å². The molecule has 0 aliphatic heterocycles. The summed E-state index contributed by atoms with van der Waals surface area (Å²) in [4.78, 5) is 0. The van der Waals surface area contributed by atoms with Crippen molar-refractivity contribution >= 4 is 11.6 Å². The smallest absolute Gasteiger partial charge is 0.0815 e. The number of rotatable bonds is 0. The van der Waals surface area contributed by atoms with Crippen LogP contribution in [0.15, 0.2) is 6.20 Å². The molecule has 1 N–H and O–H groups in total. The third kappa shape index (κ3) is 0.747. The third-order valence-corrected chi connectivity index (χ3v) is 0.994. The predicted molar refractivity (Wildman–Crippen MR) is 28.1 cm³/mol. The van der Waals surface area contributed by atoms with Crippen molar-refractivity contribution in [2.24, 2.45) is 0 Å². The van der Waals surface area contributed by atoms with E-state index in [2.05, 4.69) is 17.1 Å². The number of hydrogen-bond acceptors (Lipinski definition) is 1. The van der Waals surface area contributed by atoms with Crippen molar-refractivity contribution in [3.8, 4) is 0 Å². The zero-order chi connectivity index (χ0) is 5.28. The van der Waals surface area contributed by atoms with Gasteiger partial charge in [-0.3, -0.25) is 5.10 Å². The first-order valence-electron chi connectivity index (χ1n) is 1.82. The molecule has 0 saturated heterocycles. The number of hydrogen-bond donors (Lipinski definition) is 1. The molecule has 37 valence electrons. The van der Waals surface area contributed by atoms with Crippen molar-refractivity contribution in [2.45, 2.75) is 0 Å².